The molecule has 1 aliphatic rings. The zero-order valence-corrected chi connectivity index (χ0v) is 26.7. The van der Waals surface area contributed by atoms with Crippen molar-refractivity contribution >= 4 is 56.3 Å². The van der Waals surface area contributed by atoms with Gasteiger partial charge in [0.25, 0.3) is 11.8 Å². The van der Waals surface area contributed by atoms with Crippen LogP contribution in [0.4, 0.5) is 10.5 Å². The molecule has 0 aliphatic carbocycles. The number of anilines is 1. The highest BCUT2D eigenvalue weighted by molar-refractivity contribution is 9.10. The topological polar surface area (TPSA) is 94.2 Å². The lowest BCUT2D eigenvalue weighted by Gasteiger charge is -2.26. The maximum Gasteiger partial charge on any atom is 0.335 e. The zero-order valence-electron chi connectivity index (χ0n) is 25.1. The number of fused-ring (bicyclic) bond motifs is 1. The summed E-state index contributed by atoms with van der Waals surface area (Å²) >= 11 is 3.57. The summed E-state index contributed by atoms with van der Waals surface area (Å²) in [5.41, 5.74) is 3.74. The fraction of sp³-hybridized carbons (Fsp3) is 0.108. The van der Waals surface area contributed by atoms with Gasteiger partial charge >= 0.3 is 6.03 Å². The number of amides is 4. The first-order valence-electron chi connectivity index (χ1n) is 14.5. The van der Waals surface area contributed by atoms with Gasteiger partial charge < -0.3 is 14.2 Å². The number of nitrogens with zero attached hydrogens (tertiary/aromatic N) is 1. The largest absolute Gasteiger partial charge is 0.493 e. The van der Waals surface area contributed by atoms with Crippen molar-refractivity contribution in [3.8, 4) is 17.2 Å². The average Bonchev–Trinajstić information content (AvgIpc) is 3.06. The lowest BCUT2D eigenvalue weighted by Crippen LogP contribution is -2.54. The van der Waals surface area contributed by atoms with Gasteiger partial charge in [0.1, 0.15) is 24.5 Å². The summed E-state index contributed by atoms with van der Waals surface area (Å²) in [6, 6.07) is 31.1. The van der Waals surface area contributed by atoms with E-state index in [1.165, 1.54) is 13.2 Å². The Morgan fingerprint density at radius 2 is 1.57 bits per heavy atom. The van der Waals surface area contributed by atoms with Crippen molar-refractivity contribution in [3.05, 3.63) is 135 Å². The number of nitrogens with one attached hydrogen (secondary N) is 1. The number of carbonyl (C=O) groups is 3. The first-order chi connectivity index (χ1) is 22.3. The molecule has 0 radical (unpaired) electrons. The maximum absolute atomic E-state index is 13.5. The summed E-state index contributed by atoms with van der Waals surface area (Å²) in [5.74, 6) is -0.103. The van der Waals surface area contributed by atoms with Crippen molar-refractivity contribution in [1.82, 2.24) is 5.32 Å². The lowest BCUT2D eigenvalue weighted by atomic mass is 10.0. The second kappa shape index (κ2) is 13.3. The molecule has 0 spiro atoms. The van der Waals surface area contributed by atoms with Gasteiger partial charge in [0.15, 0.2) is 11.5 Å². The predicted octanol–water partition coefficient (Wildman–Crippen LogP) is 7.74. The Bertz CT molecular complexity index is 1990. The number of imide groups is 2. The second-order valence-electron chi connectivity index (χ2n) is 10.6. The predicted molar refractivity (Wildman–Crippen MR) is 180 cm³/mol. The van der Waals surface area contributed by atoms with Crippen LogP contribution in [0.5, 0.6) is 17.2 Å². The first kappa shape index (κ1) is 30.6. The van der Waals surface area contributed by atoms with Gasteiger partial charge in [0.2, 0.25) is 0 Å². The molecule has 9 heteroatoms. The Hall–Kier alpha value is -5.41. The van der Waals surface area contributed by atoms with E-state index >= 15 is 0 Å². The van der Waals surface area contributed by atoms with Crippen molar-refractivity contribution in [2.75, 3.05) is 12.0 Å². The molecular formula is C37H29BrN2O6. The highest BCUT2D eigenvalue weighted by atomic mass is 79.9. The number of rotatable bonds is 9. The SMILES string of the molecule is COc1cc(/C=C2\C(=O)NC(=O)N(c3ccc(OCc4ccccc4)cc3)C2=O)cc(Br)c1OCc1c(C)ccc2ccccc12. The summed E-state index contributed by atoms with van der Waals surface area (Å²) in [4.78, 5) is 40.1. The van der Waals surface area contributed by atoms with E-state index < -0.39 is 17.8 Å². The van der Waals surface area contributed by atoms with Crippen molar-refractivity contribution in [1.29, 1.82) is 0 Å². The highest BCUT2D eigenvalue weighted by Gasteiger charge is 2.37. The number of methoxy groups -OCH3 is 1. The normalized spacial score (nSPS) is 14.0. The third-order valence-corrected chi connectivity index (χ3v) is 8.23. The van der Waals surface area contributed by atoms with Gasteiger partial charge in [-0.15, -0.1) is 0 Å². The van der Waals surface area contributed by atoms with Gasteiger partial charge in [-0.1, -0.05) is 66.7 Å². The molecule has 1 fully saturated rings. The van der Waals surface area contributed by atoms with Crippen LogP contribution in [0.3, 0.4) is 0 Å². The Balaban J connectivity index is 1.22. The Morgan fingerprint density at radius 1 is 0.826 bits per heavy atom. The summed E-state index contributed by atoms with van der Waals surface area (Å²) in [6.45, 7) is 2.72. The smallest absolute Gasteiger partial charge is 0.335 e. The Morgan fingerprint density at radius 3 is 2.33 bits per heavy atom. The molecule has 6 rings (SSSR count). The van der Waals surface area contributed by atoms with Crippen LogP contribution in [0.1, 0.15) is 22.3 Å². The van der Waals surface area contributed by atoms with Crippen molar-refractivity contribution < 1.29 is 28.6 Å². The van der Waals surface area contributed by atoms with E-state index in [-0.39, 0.29) is 5.57 Å². The van der Waals surface area contributed by atoms with E-state index in [0.717, 1.165) is 32.4 Å². The highest BCUT2D eigenvalue weighted by Crippen LogP contribution is 2.39. The van der Waals surface area contributed by atoms with Crippen LogP contribution >= 0.6 is 15.9 Å². The van der Waals surface area contributed by atoms with Crippen LogP contribution in [-0.2, 0) is 22.8 Å². The molecule has 0 atom stereocenters. The van der Waals surface area contributed by atoms with E-state index in [4.69, 9.17) is 14.2 Å². The molecule has 0 aromatic heterocycles. The number of hydrogen-bond acceptors (Lipinski definition) is 6. The van der Waals surface area contributed by atoms with Crippen LogP contribution in [0.2, 0.25) is 0 Å². The molecule has 230 valence electrons. The van der Waals surface area contributed by atoms with E-state index in [0.29, 0.717) is 46.2 Å². The number of benzene rings is 5. The third kappa shape index (κ3) is 6.36. The Kier molecular flexibility index (Phi) is 8.85. The summed E-state index contributed by atoms with van der Waals surface area (Å²) in [6.07, 6.45) is 1.42. The minimum absolute atomic E-state index is 0.210. The van der Waals surface area contributed by atoms with Gasteiger partial charge in [-0.3, -0.25) is 14.9 Å². The van der Waals surface area contributed by atoms with Crippen LogP contribution in [0.25, 0.3) is 16.8 Å². The summed E-state index contributed by atoms with van der Waals surface area (Å²) in [5, 5.41) is 4.49. The standard InChI is InChI=1S/C37H29BrN2O6/c1-23-12-13-26-10-6-7-11-29(26)31(23)22-46-34-32(38)19-25(20-33(34)44-2)18-30-35(41)39-37(43)40(36(30)42)27-14-16-28(17-15-27)45-21-24-8-4-3-5-9-24/h3-20H,21-22H2,1-2H3,(H,39,41,43)/b30-18+. The molecule has 4 amide bonds. The van der Waals surface area contributed by atoms with Crippen molar-refractivity contribution in [2.24, 2.45) is 0 Å². The number of aryl methyl sites for hydroxylation is 1. The monoisotopic (exact) mass is 676 g/mol. The number of carbonyl (C=O) groups excluding carboxylic acids is 3. The molecule has 1 saturated heterocycles. The quantitative estimate of drug-likeness (QED) is 0.127. The lowest BCUT2D eigenvalue weighted by molar-refractivity contribution is -0.122. The Labute approximate surface area is 274 Å². The minimum Gasteiger partial charge on any atom is -0.493 e. The molecule has 1 heterocycles. The summed E-state index contributed by atoms with van der Waals surface area (Å²) in [7, 11) is 1.51. The molecule has 1 aliphatic heterocycles. The average molecular weight is 678 g/mol. The second-order valence-corrected chi connectivity index (χ2v) is 11.5. The molecule has 1 N–H and O–H groups in total. The van der Waals surface area contributed by atoms with Crippen molar-refractivity contribution in [3.63, 3.8) is 0 Å². The molecule has 5 aromatic rings. The van der Waals surface area contributed by atoms with E-state index in [1.54, 1.807) is 36.4 Å². The van der Waals surface area contributed by atoms with Gasteiger partial charge in [-0.25, -0.2) is 9.69 Å². The molecule has 0 unspecified atom stereocenters. The van der Waals surface area contributed by atoms with Gasteiger partial charge in [-0.2, -0.15) is 0 Å². The maximum atomic E-state index is 13.5. The summed E-state index contributed by atoms with van der Waals surface area (Å²) < 4.78 is 18.3. The van der Waals surface area contributed by atoms with Gasteiger partial charge in [0, 0.05) is 5.56 Å². The van der Waals surface area contributed by atoms with Crippen LogP contribution in [0.15, 0.2) is 113 Å². The molecule has 8 nitrogen and oxygen atoms in total. The van der Waals surface area contributed by atoms with E-state index in [1.807, 2.05) is 49.4 Å². The number of ether oxygens (including phenoxy) is 3. The fourth-order valence-electron chi connectivity index (χ4n) is 5.24. The molecular weight excluding hydrogens is 648 g/mol. The van der Waals surface area contributed by atoms with E-state index in [2.05, 4.69) is 45.5 Å². The van der Waals surface area contributed by atoms with Crippen LogP contribution in [0, 0.1) is 6.92 Å². The minimum atomic E-state index is -0.837. The zero-order chi connectivity index (χ0) is 32.2. The van der Waals surface area contributed by atoms with Crippen LogP contribution in [-0.4, -0.2) is 25.0 Å². The number of hydrogen-bond donors (Lipinski definition) is 1. The molecule has 5 aromatic carbocycles. The molecule has 46 heavy (non-hydrogen) atoms. The van der Waals surface area contributed by atoms with E-state index in [9.17, 15) is 14.4 Å². The number of barbiturate groups is 1. The number of halogens is 1. The number of urea groups is 1. The first-order valence-corrected chi connectivity index (χ1v) is 15.3. The van der Waals surface area contributed by atoms with Gasteiger partial charge in [0.05, 0.1) is 17.3 Å². The van der Waals surface area contributed by atoms with Crippen molar-refractivity contribution in [2.45, 2.75) is 20.1 Å². The van der Waals surface area contributed by atoms with Crippen LogP contribution < -0.4 is 24.4 Å². The van der Waals surface area contributed by atoms with Gasteiger partial charge in [-0.05, 0) is 92.8 Å². The molecule has 0 bridgehead atoms. The third-order valence-electron chi connectivity index (χ3n) is 7.64. The molecule has 0 saturated carbocycles. The fourth-order valence-corrected chi connectivity index (χ4v) is 5.81.